The zero-order valence-electron chi connectivity index (χ0n) is 12.0. The van der Waals surface area contributed by atoms with Gasteiger partial charge in [-0.1, -0.05) is 6.07 Å². The molecule has 1 aliphatic rings. The molecule has 0 spiro atoms. The van der Waals surface area contributed by atoms with Crippen LogP contribution in [0.15, 0.2) is 30.5 Å². The second kappa shape index (κ2) is 5.11. The summed E-state index contributed by atoms with van der Waals surface area (Å²) in [5.74, 6) is -0.185. The van der Waals surface area contributed by atoms with Crippen molar-refractivity contribution in [1.29, 1.82) is 0 Å². The van der Waals surface area contributed by atoms with Gasteiger partial charge >= 0.3 is 0 Å². The zero-order valence-corrected chi connectivity index (χ0v) is 12.0. The molecule has 3 nitrogen and oxygen atoms in total. The summed E-state index contributed by atoms with van der Waals surface area (Å²) in [6.45, 7) is 8.04. The van der Waals surface area contributed by atoms with Crippen molar-refractivity contribution in [2.75, 3.05) is 19.6 Å². The highest BCUT2D eigenvalue weighted by Gasteiger charge is 2.25. The Morgan fingerprint density at radius 1 is 1.40 bits per heavy atom. The molecule has 1 fully saturated rings. The molecule has 0 atom stereocenters. The van der Waals surface area contributed by atoms with Crippen molar-refractivity contribution in [2.45, 2.75) is 25.9 Å². The van der Waals surface area contributed by atoms with E-state index in [-0.39, 0.29) is 11.4 Å². The Kier molecular flexibility index (Phi) is 3.44. The third kappa shape index (κ3) is 2.81. The third-order valence-corrected chi connectivity index (χ3v) is 3.79. The number of rotatable bonds is 2. The summed E-state index contributed by atoms with van der Waals surface area (Å²) in [4.78, 5) is 6.78. The molecule has 0 radical (unpaired) electrons. The van der Waals surface area contributed by atoms with Crippen LogP contribution in [0, 0.1) is 5.82 Å². The van der Waals surface area contributed by atoms with Crippen LogP contribution in [0.2, 0.25) is 0 Å². The molecule has 0 unspecified atom stereocenters. The smallest absolute Gasteiger partial charge is 0.124 e. The molecule has 2 heterocycles. The van der Waals surface area contributed by atoms with E-state index in [1.807, 2.05) is 12.1 Å². The van der Waals surface area contributed by atoms with E-state index in [4.69, 9.17) is 0 Å². The molecule has 0 aliphatic carbocycles. The lowest BCUT2D eigenvalue weighted by Crippen LogP contribution is -2.56. The molecular weight excluding hydrogens is 253 g/mol. The topological polar surface area (TPSA) is 28.2 Å². The van der Waals surface area contributed by atoms with Crippen molar-refractivity contribution in [3.05, 3.63) is 41.8 Å². The number of fused-ring (bicyclic) bond motifs is 1. The molecule has 20 heavy (non-hydrogen) atoms. The van der Waals surface area contributed by atoms with E-state index >= 15 is 0 Å². The number of pyridine rings is 1. The van der Waals surface area contributed by atoms with Crippen molar-refractivity contribution in [3.8, 4) is 0 Å². The van der Waals surface area contributed by atoms with Crippen molar-refractivity contribution < 1.29 is 4.39 Å². The largest absolute Gasteiger partial charge is 0.309 e. The van der Waals surface area contributed by atoms with Gasteiger partial charge in [0.05, 0.1) is 5.52 Å². The van der Waals surface area contributed by atoms with Gasteiger partial charge in [0.15, 0.2) is 0 Å². The number of hydrogen-bond acceptors (Lipinski definition) is 3. The summed E-state index contributed by atoms with van der Waals surface area (Å²) >= 11 is 0. The van der Waals surface area contributed by atoms with Gasteiger partial charge in [-0.15, -0.1) is 0 Å². The molecule has 0 saturated carbocycles. The zero-order chi connectivity index (χ0) is 14.2. The van der Waals surface area contributed by atoms with E-state index in [1.54, 1.807) is 18.3 Å². The Hall–Kier alpha value is -1.52. The monoisotopic (exact) mass is 273 g/mol. The molecular formula is C16H20FN3. The van der Waals surface area contributed by atoms with E-state index in [2.05, 4.69) is 29.0 Å². The number of piperazine rings is 1. The Morgan fingerprint density at radius 3 is 3.05 bits per heavy atom. The highest BCUT2D eigenvalue weighted by Crippen LogP contribution is 2.21. The van der Waals surface area contributed by atoms with Crippen molar-refractivity contribution in [3.63, 3.8) is 0 Å². The summed E-state index contributed by atoms with van der Waals surface area (Å²) in [6, 6.07) is 6.92. The van der Waals surface area contributed by atoms with Crippen molar-refractivity contribution >= 4 is 10.9 Å². The number of nitrogens with one attached hydrogen (secondary N) is 1. The first-order valence-corrected chi connectivity index (χ1v) is 7.04. The fourth-order valence-corrected chi connectivity index (χ4v) is 2.97. The van der Waals surface area contributed by atoms with Crippen LogP contribution in [0.3, 0.4) is 0 Å². The van der Waals surface area contributed by atoms with Gasteiger partial charge in [0.1, 0.15) is 5.82 Å². The summed E-state index contributed by atoms with van der Waals surface area (Å²) in [6.07, 6.45) is 1.77. The first kappa shape index (κ1) is 13.5. The maximum absolute atomic E-state index is 13.7. The maximum atomic E-state index is 13.7. The van der Waals surface area contributed by atoms with Crippen LogP contribution < -0.4 is 5.32 Å². The van der Waals surface area contributed by atoms with Crippen molar-refractivity contribution in [2.24, 2.45) is 0 Å². The molecule has 1 N–H and O–H groups in total. The minimum Gasteiger partial charge on any atom is -0.309 e. The molecule has 3 rings (SSSR count). The molecule has 0 amide bonds. The van der Waals surface area contributed by atoms with Crippen LogP contribution in [0.1, 0.15) is 19.4 Å². The minimum absolute atomic E-state index is 0.106. The van der Waals surface area contributed by atoms with Gasteiger partial charge in [0.25, 0.3) is 0 Å². The molecule has 1 aromatic carbocycles. The molecule has 1 aliphatic heterocycles. The number of nitrogens with zero attached hydrogens (tertiary/aromatic N) is 2. The van der Waals surface area contributed by atoms with Gasteiger partial charge in [0.2, 0.25) is 0 Å². The minimum atomic E-state index is -0.185. The standard InChI is InChI=1S/C16H20FN3/c1-16(2)11-20(7-6-19-16)10-13-9-14(17)8-12-4-3-5-18-15(12)13/h3-5,8-9,19H,6-7,10-11H2,1-2H3. The van der Waals surface area contributed by atoms with E-state index < -0.39 is 0 Å². The average molecular weight is 273 g/mol. The SMILES string of the molecule is CC1(C)CN(Cc2cc(F)cc3cccnc23)CCN1. The molecule has 1 saturated heterocycles. The lowest BCUT2D eigenvalue weighted by Gasteiger charge is -2.39. The predicted octanol–water partition coefficient (Wildman–Crippen LogP) is 2.56. The van der Waals surface area contributed by atoms with Gasteiger partial charge in [0, 0.05) is 43.3 Å². The maximum Gasteiger partial charge on any atom is 0.124 e. The van der Waals surface area contributed by atoms with Crippen LogP contribution in [0.4, 0.5) is 4.39 Å². The number of hydrogen-bond donors (Lipinski definition) is 1. The van der Waals surface area contributed by atoms with Crippen LogP contribution in [0.5, 0.6) is 0 Å². The lowest BCUT2D eigenvalue weighted by molar-refractivity contribution is 0.148. The van der Waals surface area contributed by atoms with Crippen LogP contribution >= 0.6 is 0 Å². The molecule has 4 heteroatoms. The average Bonchev–Trinajstić information content (AvgIpc) is 2.37. The lowest BCUT2D eigenvalue weighted by atomic mass is 10.0. The first-order valence-electron chi connectivity index (χ1n) is 7.04. The molecule has 0 bridgehead atoms. The van der Waals surface area contributed by atoms with Crippen LogP contribution in [0.25, 0.3) is 10.9 Å². The summed E-state index contributed by atoms with van der Waals surface area (Å²) in [5, 5.41) is 4.36. The van der Waals surface area contributed by atoms with E-state index in [0.717, 1.165) is 42.6 Å². The fourth-order valence-electron chi connectivity index (χ4n) is 2.97. The van der Waals surface area contributed by atoms with Gasteiger partial charge < -0.3 is 5.32 Å². The Bertz CT molecular complexity index is 624. The second-order valence-electron chi connectivity index (χ2n) is 6.16. The fraction of sp³-hybridized carbons (Fsp3) is 0.438. The van der Waals surface area contributed by atoms with E-state index in [9.17, 15) is 4.39 Å². The molecule has 1 aromatic heterocycles. The molecule has 2 aromatic rings. The van der Waals surface area contributed by atoms with Gasteiger partial charge in [-0.25, -0.2) is 4.39 Å². The Balaban J connectivity index is 1.90. The summed E-state index contributed by atoms with van der Waals surface area (Å²) < 4.78 is 13.7. The van der Waals surface area contributed by atoms with Crippen LogP contribution in [-0.2, 0) is 6.54 Å². The van der Waals surface area contributed by atoms with E-state index in [1.165, 1.54) is 0 Å². The first-order chi connectivity index (χ1) is 9.53. The van der Waals surface area contributed by atoms with Crippen LogP contribution in [-0.4, -0.2) is 35.1 Å². The summed E-state index contributed by atoms with van der Waals surface area (Å²) in [5.41, 5.74) is 1.98. The third-order valence-electron chi connectivity index (χ3n) is 3.79. The normalized spacial score (nSPS) is 19.4. The highest BCUT2D eigenvalue weighted by atomic mass is 19.1. The van der Waals surface area contributed by atoms with E-state index in [0.29, 0.717) is 0 Å². The number of aromatic nitrogens is 1. The number of halogens is 1. The van der Waals surface area contributed by atoms with Gasteiger partial charge in [-0.2, -0.15) is 0 Å². The highest BCUT2D eigenvalue weighted by molar-refractivity contribution is 5.81. The van der Waals surface area contributed by atoms with Gasteiger partial charge in [-0.3, -0.25) is 9.88 Å². The van der Waals surface area contributed by atoms with Crippen molar-refractivity contribution in [1.82, 2.24) is 15.2 Å². The Labute approximate surface area is 118 Å². The second-order valence-corrected chi connectivity index (χ2v) is 6.16. The quantitative estimate of drug-likeness (QED) is 0.911. The number of benzene rings is 1. The molecule has 106 valence electrons. The van der Waals surface area contributed by atoms with Gasteiger partial charge in [-0.05, 0) is 37.6 Å². The predicted molar refractivity (Wildman–Crippen MR) is 79.1 cm³/mol. The summed E-state index contributed by atoms with van der Waals surface area (Å²) in [7, 11) is 0. The Morgan fingerprint density at radius 2 is 2.25 bits per heavy atom.